The quantitative estimate of drug-likeness (QED) is 0.719. The fourth-order valence-electron chi connectivity index (χ4n) is 4.13. The van der Waals surface area contributed by atoms with E-state index in [1.807, 2.05) is 12.1 Å². The Labute approximate surface area is 147 Å². The fraction of sp³-hybridized carbons (Fsp3) is 0.429. The molecule has 4 heteroatoms. The van der Waals surface area contributed by atoms with Crippen molar-refractivity contribution in [1.29, 1.82) is 0 Å². The zero-order valence-corrected chi connectivity index (χ0v) is 14.4. The Morgan fingerprint density at radius 3 is 2.28 bits per heavy atom. The lowest BCUT2D eigenvalue weighted by molar-refractivity contribution is -0.0690. The lowest BCUT2D eigenvalue weighted by Crippen LogP contribution is -2.48. The highest BCUT2D eigenvalue weighted by Gasteiger charge is 2.47. The van der Waals surface area contributed by atoms with Crippen LogP contribution >= 0.6 is 0 Å². The fourth-order valence-corrected chi connectivity index (χ4v) is 4.13. The molecular weight excluding hydrogens is 317 g/mol. The van der Waals surface area contributed by atoms with Crippen molar-refractivity contribution in [2.45, 2.75) is 51.0 Å². The topological polar surface area (TPSA) is 39.2 Å². The maximum atomic E-state index is 13.8. The predicted molar refractivity (Wildman–Crippen MR) is 94.2 cm³/mol. The lowest BCUT2D eigenvalue weighted by Gasteiger charge is -2.51. The predicted octanol–water partition coefficient (Wildman–Crippen LogP) is 5.19. The van der Waals surface area contributed by atoms with Gasteiger partial charge in [0.05, 0.1) is 5.56 Å². The standard InChI is InChI=1S/C21H22FNO2/c1-20-6-9-21(10-7-20,11-8-20)25-19-5-4-16(13-23-19)15-2-3-17(14-24)18(22)12-15/h2-5,12-14H,6-11H2,1H3. The van der Waals surface area contributed by atoms with E-state index < -0.39 is 5.82 Å². The molecule has 3 aliphatic rings. The highest BCUT2D eigenvalue weighted by atomic mass is 19.1. The smallest absolute Gasteiger partial charge is 0.213 e. The molecule has 0 saturated heterocycles. The number of carbonyl (C=O) groups excluding carboxylic acids is 1. The monoisotopic (exact) mass is 339 g/mol. The average molecular weight is 339 g/mol. The third-order valence-electron chi connectivity index (χ3n) is 6.07. The number of ether oxygens (including phenoxy) is 1. The van der Waals surface area contributed by atoms with Crippen molar-refractivity contribution in [3.8, 4) is 17.0 Å². The summed E-state index contributed by atoms with van der Waals surface area (Å²) in [6.07, 6.45) is 9.22. The molecule has 25 heavy (non-hydrogen) atoms. The van der Waals surface area contributed by atoms with Gasteiger partial charge in [0.1, 0.15) is 11.4 Å². The number of rotatable bonds is 4. The zero-order chi connectivity index (χ0) is 17.5. The van der Waals surface area contributed by atoms with Gasteiger partial charge in [-0.2, -0.15) is 0 Å². The van der Waals surface area contributed by atoms with E-state index >= 15 is 0 Å². The van der Waals surface area contributed by atoms with E-state index in [-0.39, 0.29) is 11.2 Å². The summed E-state index contributed by atoms with van der Waals surface area (Å²) in [6.45, 7) is 2.39. The Morgan fingerprint density at radius 1 is 1.04 bits per heavy atom. The number of hydrogen-bond donors (Lipinski definition) is 0. The van der Waals surface area contributed by atoms with E-state index in [9.17, 15) is 9.18 Å². The van der Waals surface area contributed by atoms with Crippen molar-refractivity contribution in [3.63, 3.8) is 0 Å². The normalized spacial score (nSPS) is 27.9. The number of benzene rings is 1. The van der Waals surface area contributed by atoms with Crippen LogP contribution in [0.2, 0.25) is 0 Å². The van der Waals surface area contributed by atoms with Crippen molar-refractivity contribution < 1.29 is 13.9 Å². The van der Waals surface area contributed by atoms with Gasteiger partial charge in [-0.3, -0.25) is 4.79 Å². The molecule has 3 nitrogen and oxygen atoms in total. The summed E-state index contributed by atoms with van der Waals surface area (Å²) in [5.74, 6) is 0.124. The highest BCUT2D eigenvalue weighted by Crippen LogP contribution is 2.53. The molecule has 3 aliphatic carbocycles. The van der Waals surface area contributed by atoms with Crippen LogP contribution in [-0.2, 0) is 0 Å². The van der Waals surface area contributed by atoms with Crippen LogP contribution in [0.4, 0.5) is 4.39 Å². The van der Waals surface area contributed by atoms with Crippen LogP contribution in [-0.4, -0.2) is 16.9 Å². The van der Waals surface area contributed by atoms with Gasteiger partial charge in [0, 0.05) is 17.8 Å². The number of aldehydes is 1. The molecule has 130 valence electrons. The van der Waals surface area contributed by atoms with Crippen LogP contribution < -0.4 is 4.74 Å². The molecule has 0 spiro atoms. The van der Waals surface area contributed by atoms with Crippen LogP contribution in [0.15, 0.2) is 36.5 Å². The summed E-state index contributed by atoms with van der Waals surface area (Å²) in [5.41, 5.74) is 2.04. The van der Waals surface area contributed by atoms with E-state index in [4.69, 9.17) is 4.74 Å². The summed E-state index contributed by atoms with van der Waals surface area (Å²) < 4.78 is 20.1. The summed E-state index contributed by atoms with van der Waals surface area (Å²) in [6, 6.07) is 8.33. The van der Waals surface area contributed by atoms with Gasteiger partial charge in [-0.15, -0.1) is 0 Å². The summed E-state index contributed by atoms with van der Waals surface area (Å²) in [5, 5.41) is 0. The van der Waals surface area contributed by atoms with Crippen molar-refractivity contribution in [2.75, 3.05) is 0 Å². The molecule has 5 rings (SSSR count). The van der Waals surface area contributed by atoms with E-state index in [1.54, 1.807) is 12.3 Å². The molecule has 1 aromatic heterocycles. The van der Waals surface area contributed by atoms with Crippen molar-refractivity contribution in [3.05, 3.63) is 47.9 Å². The van der Waals surface area contributed by atoms with Gasteiger partial charge >= 0.3 is 0 Å². The summed E-state index contributed by atoms with van der Waals surface area (Å²) in [7, 11) is 0. The van der Waals surface area contributed by atoms with Crippen LogP contribution in [0.25, 0.3) is 11.1 Å². The minimum absolute atomic E-state index is 0.0516. The van der Waals surface area contributed by atoms with Crippen LogP contribution in [0.3, 0.4) is 0 Å². The molecule has 1 aromatic carbocycles. The number of halogens is 1. The third kappa shape index (κ3) is 3.06. The molecule has 0 aliphatic heterocycles. The van der Waals surface area contributed by atoms with Gasteiger partial charge in [-0.25, -0.2) is 9.37 Å². The number of carbonyl (C=O) groups is 1. The average Bonchev–Trinajstić information content (AvgIpc) is 2.64. The van der Waals surface area contributed by atoms with Crippen molar-refractivity contribution in [1.82, 2.24) is 4.98 Å². The molecule has 2 aromatic rings. The maximum absolute atomic E-state index is 13.8. The minimum atomic E-state index is -0.515. The van der Waals surface area contributed by atoms with Crippen LogP contribution in [0.1, 0.15) is 55.8 Å². The van der Waals surface area contributed by atoms with E-state index in [0.29, 0.717) is 23.1 Å². The second-order valence-corrected chi connectivity index (χ2v) is 7.83. The molecule has 0 unspecified atom stereocenters. The van der Waals surface area contributed by atoms with Crippen LogP contribution in [0.5, 0.6) is 5.88 Å². The SMILES string of the molecule is CC12CCC(Oc3ccc(-c4ccc(C=O)c(F)c4)cn3)(CC1)CC2. The van der Waals surface area contributed by atoms with Crippen molar-refractivity contribution >= 4 is 6.29 Å². The molecule has 0 amide bonds. The Bertz CT molecular complexity index is 776. The van der Waals surface area contributed by atoms with Gasteiger partial charge in [0.25, 0.3) is 0 Å². The first-order valence-electron chi connectivity index (χ1n) is 8.91. The first-order chi connectivity index (χ1) is 12.0. The van der Waals surface area contributed by atoms with Crippen molar-refractivity contribution in [2.24, 2.45) is 5.41 Å². The lowest BCUT2D eigenvalue weighted by atomic mass is 9.59. The van der Waals surface area contributed by atoms with E-state index in [1.165, 1.54) is 31.4 Å². The summed E-state index contributed by atoms with van der Waals surface area (Å²) in [4.78, 5) is 15.2. The number of aromatic nitrogens is 1. The second kappa shape index (κ2) is 5.94. The van der Waals surface area contributed by atoms with E-state index in [2.05, 4.69) is 11.9 Å². The van der Waals surface area contributed by atoms with Crippen LogP contribution in [0, 0.1) is 11.2 Å². The van der Waals surface area contributed by atoms with E-state index in [0.717, 1.165) is 24.8 Å². The molecule has 3 saturated carbocycles. The first-order valence-corrected chi connectivity index (χ1v) is 8.91. The molecule has 1 heterocycles. The largest absolute Gasteiger partial charge is 0.471 e. The molecule has 0 N–H and O–H groups in total. The maximum Gasteiger partial charge on any atom is 0.213 e. The Kier molecular flexibility index (Phi) is 3.86. The molecule has 2 bridgehead atoms. The molecule has 0 radical (unpaired) electrons. The Hall–Kier alpha value is -2.23. The highest BCUT2D eigenvalue weighted by molar-refractivity contribution is 5.77. The molecular formula is C21H22FNO2. The summed E-state index contributed by atoms with van der Waals surface area (Å²) >= 11 is 0. The minimum Gasteiger partial charge on any atom is -0.471 e. The second-order valence-electron chi connectivity index (χ2n) is 7.83. The van der Waals surface area contributed by atoms with Gasteiger partial charge in [0.2, 0.25) is 5.88 Å². The Balaban J connectivity index is 1.51. The van der Waals surface area contributed by atoms with Gasteiger partial charge in [0.15, 0.2) is 6.29 Å². The van der Waals surface area contributed by atoms with Gasteiger partial charge in [-0.1, -0.05) is 13.0 Å². The number of hydrogen-bond acceptors (Lipinski definition) is 3. The first kappa shape index (κ1) is 16.2. The molecule has 0 atom stereocenters. The third-order valence-corrected chi connectivity index (χ3v) is 6.07. The number of fused-ring (bicyclic) bond motifs is 3. The van der Waals surface area contributed by atoms with Gasteiger partial charge in [-0.05, 0) is 67.7 Å². The Morgan fingerprint density at radius 2 is 1.72 bits per heavy atom. The number of nitrogens with zero attached hydrogens (tertiary/aromatic N) is 1. The zero-order valence-electron chi connectivity index (χ0n) is 14.4. The van der Waals surface area contributed by atoms with Gasteiger partial charge < -0.3 is 4.74 Å². The number of pyridine rings is 1. The molecule has 3 fully saturated rings.